The number of methoxy groups -OCH3 is 1. The van der Waals surface area contributed by atoms with Crippen LogP contribution in [0.5, 0.6) is 5.75 Å². The minimum absolute atomic E-state index is 0.00370. The highest BCUT2D eigenvalue weighted by Gasteiger charge is 2.26. The molecule has 0 N–H and O–H groups in total. The van der Waals surface area contributed by atoms with Crippen molar-refractivity contribution in [2.75, 3.05) is 33.4 Å². The first-order chi connectivity index (χ1) is 9.15. The topological polar surface area (TPSA) is 81.9 Å². The maximum atomic E-state index is 12.3. The standard InChI is InChI=1S/C12H14N2O5/c1-18-11-9(3-2-4-10(11)14(16)17)12(15)13-5-7-19-8-6-13/h2-4H,5-8H2,1H3. The van der Waals surface area contributed by atoms with Gasteiger partial charge < -0.3 is 14.4 Å². The van der Waals surface area contributed by atoms with Crippen LogP contribution in [-0.4, -0.2) is 49.1 Å². The summed E-state index contributed by atoms with van der Waals surface area (Å²) < 4.78 is 10.2. The largest absolute Gasteiger partial charge is 0.490 e. The molecule has 0 bridgehead atoms. The van der Waals surface area contributed by atoms with E-state index in [1.165, 1.54) is 25.3 Å². The third-order valence-corrected chi connectivity index (χ3v) is 2.92. The summed E-state index contributed by atoms with van der Waals surface area (Å²) in [4.78, 5) is 24.3. The van der Waals surface area contributed by atoms with E-state index in [-0.39, 0.29) is 22.9 Å². The number of rotatable bonds is 3. The predicted octanol–water partition coefficient (Wildman–Crippen LogP) is 1.08. The number of carbonyl (C=O) groups is 1. The smallest absolute Gasteiger partial charge is 0.311 e. The van der Waals surface area contributed by atoms with Crippen molar-refractivity contribution in [3.05, 3.63) is 33.9 Å². The van der Waals surface area contributed by atoms with Crippen LogP contribution in [0.1, 0.15) is 10.4 Å². The van der Waals surface area contributed by atoms with Crippen LogP contribution in [0.2, 0.25) is 0 Å². The molecule has 1 aliphatic heterocycles. The minimum Gasteiger partial charge on any atom is -0.490 e. The second-order valence-electron chi connectivity index (χ2n) is 4.02. The van der Waals surface area contributed by atoms with E-state index < -0.39 is 4.92 Å². The van der Waals surface area contributed by atoms with Gasteiger partial charge in [-0.05, 0) is 6.07 Å². The van der Waals surface area contributed by atoms with Crippen molar-refractivity contribution in [1.82, 2.24) is 4.90 Å². The van der Waals surface area contributed by atoms with Crippen molar-refractivity contribution in [3.63, 3.8) is 0 Å². The van der Waals surface area contributed by atoms with E-state index in [9.17, 15) is 14.9 Å². The van der Waals surface area contributed by atoms with Gasteiger partial charge in [-0.1, -0.05) is 6.07 Å². The number of nitro benzene ring substituents is 1. The van der Waals surface area contributed by atoms with E-state index in [0.717, 1.165) is 0 Å². The summed E-state index contributed by atoms with van der Waals surface area (Å²) in [6.07, 6.45) is 0. The molecular formula is C12H14N2O5. The first kappa shape index (κ1) is 13.3. The first-order valence-corrected chi connectivity index (χ1v) is 5.83. The van der Waals surface area contributed by atoms with Crippen LogP contribution < -0.4 is 4.74 Å². The molecule has 19 heavy (non-hydrogen) atoms. The monoisotopic (exact) mass is 266 g/mol. The average Bonchev–Trinajstić information content (AvgIpc) is 2.46. The van der Waals surface area contributed by atoms with Crippen LogP contribution in [-0.2, 0) is 4.74 Å². The van der Waals surface area contributed by atoms with Gasteiger partial charge in [-0.2, -0.15) is 0 Å². The molecule has 1 heterocycles. The van der Waals surface area contributed by atoms with Gasteiger partial charge in [0.15, 0.2) is 0 Å². The van der Waals surface area contributed by atoms with Crippen molar-refractivity contribution in [3.8, 4) is 5.75 Å². The molecule has 1 aromatic rings. The van der Waals surface area contributed by atoms with Gasteiger partial charge in [-0.15, -0.1) is 0 Å². The number of hydrogen-bond acceptors (Lipinski definition) is 5. The molecule has 102 valence electrons. The first-order valence-electron chi connectivity index (χ1n) is 5.83. The Morgan fingerprint density at radius 2 is 2.11 bits per heavy atom. The van der Waals surface area contributed by atoms with Crippen LogP contribution in [0.25, 0.3) is 0 Å². The third-order valence-electron chi connectivity index (χ3n) is 2.92. The summed E-state index contributed by atoms with van der Waals surface area (Å²) in [5.74, 6) is -0.271. The van der Waals surface area contributed by atoms with E-state index >= 15 is 0 Å². The lowest BCUT2D eigenvalue weighted by molar-refractivity contribution is -0.385. The van der Waals surface area contributed by atoms with E-state index in [4.69, 9.17) is 9.47 Å². The molecule has 1 fully saturated rings. The lowest BCUT2D eigenvalue weighted by atomic mass is 10.1. The molecule has 1 amide bonds. The molecule has 0 radical (unpaired) electrons. The molecule has 0 atom stereocenters. The SMILES string of the molecule is COc1c(C(=O)N2CCOCC2)cccc1[N+](=O)[O-]. The van der Waals surface area contributed by atoms with Crippen molar-refractivity contribution >= 4 is 11.6 Å². The summed E-state index contributed by atoms with van der Waals surface area (Å²) in [6.45, 7) is 1.90. The fourth-order valence-electron chi connectivity index (χ4n) is 1.99. The Labute approximate surface area is 109 Å². The molecule has 1 saturated heterocycles. The molecule has 2 rings (SSSR count). The molecule has 0 unspecified atom stereocenters. The molecule has 7 heteroatoms. The molecular weight excluding hydrogens is 252 g/mol. The van der Waals surface area contributed by atoms with Crippen molar-refractivity contribution < 1.29 is 19.2 Å². The molecule has 0 aromatic heterocycles. The van der Waals surface area contributed by atoms with Gasteiger partial charge in [0.2, 0.25) is 5.75 Å². The van der Waals surface area contributed by atoms with Gasteiger partial charge in [0.25, 0.3) is 5.91 Å². The molecule has 0 saturated carbocycles. The Morgan fingerprint density at radius 1 is 1.42 bits per heavy atom. The summed E-state index contributed by atoms with van der Waals surface area (Å²) in [5.41, 5.74) is 0.000194. The van der Waals surface area contributed by atoms with Gasteiger partial charge in [-0.3, -0.25) is 14.9 Å². The number of para-hydroxylation sites is 1. The highest BCUT2D eigenvalue weighted by molar-refractivity contribution is 5.98. The Bertz CT molecular complexity index is 497. The highest BCUT2D eigenvalue weighted by atomic mass is 16.6. The number of hydrogen-bond donors (Lipinski definition) is 0. The normalized spacial score (nSPS) is 15.1. The van der Waals surface area contributed by atoms with E-state index in [0.29, 0.717) is 26.3 Å². The van der Waals surface area contributed by atoms with Crippen molar-refractivity contribution in [1.29, 1.82) is 0 Å². The van der Waals surface area contributed by atoms with Crippen LogP contribution in [0.4, 0.5) is 5.69 Å². The fraction of sp³-hybridized carbons (Fsp3) is 0.417. The number of morpholine rings is 1. The number of ether oxygens (including phenoxy) is 2. The Balaban J connectivity index is 2.35. The van der Waals surface area contributed by atoms with Gasteiger partial charge in [0.05, 0.1) is 30.8 Å². The summed E-state index contributed by atoms with van der Waals surface area (Å²) in [5, 5.41) is 10.9. The molecule has 0 spiro atoms. The van der Waals surface area contributed by atoms with Crippen LogP contribution in [0.3, 0.4) is 0 Å². The Morgan fingerprint density at radius 3 is 2.68 bits per heavy atom. The van der Waals surface area contributed by atoms with Gasteiger partial charge in [0.1, 0.15) is 0 Å². The number of amides is 1. The second-order valence-corrected chi connectivity index (χ2v) is 4.02. The second kappa shape index (κ2) is 5.66. The van der Waals surface area contributed by atoms with Gasteiger partial charge in [-0.25, -0.2) is 0 Å². The van der Waals surface area contributed by atoms with Crippen molar-refractivity contribution in [2.45, 2.75) is 0 Å². The minimum atomic E-state index is -0.561. The highest BCUT2D eigenvalue weighted by Crippen LogP contribution is 2.31. The number of nitrogens with zero attached hydrogens (tertiary/aromatic N) is 2. The zero-order valence-electron chi connectivity index (χ0n) is 10.5. The van der Waals surface area contributed by atoms with E-state index in [1.54, 1.807) is 4.90 Å². The predicted molar refractivity (Wildman–Crippen MR) is 66.4 cm³/mol. The van der Waals surface area contributed by atoms with E-state index in [2.05, 4.69) is 0 Å². The Kier molecular flexibility index (Phi) is 3.96. The lowest BCUT2D eigenvalue weighted by Crippen LogP contribution is -2.40. The maximum Gasteiger partial charge on any atom is 0.311 e. The zero-order valence-corrected chi connectivity index (χ0v) is 10.5. The number of nitro groups is 1. The van der Waals surface area contributed by atoms with Crippen molar-refractivity contribution in [2.24, 2.45) is 0 Å². The lowest BCUT2D eigenvalue weighted by Gasteiger charge is -2.27. The van der Waals surface area contributed by atoms with Gasteiger partial charge in [0, 0.05) is 19.2 Å². The molecule has 1 aromatic carbocycles. The quantitative estimate of drug-likeness (QED) is 0.604. The zero-order chi connectivity index (χ0) is 13.8. The van der Waals surface area contributed by atoms with Crippen LogP contribution in [0.15, 0.2) is 18.2 Å². The summed E-state index contributed by atoms with van der Waals surface area (Å²) in [7, 11) is 1.32. The van der Waals surface area contributed by atoms with E-state index in [1.807, 2.05) is 0 Å². The average molecular weight is 266 g/mol. The fourth-order valence-corrected chi connectivity index (χ4v) is 1.99. The Hall–Kier alpha value is -2.15. The molecule has 1 aliphatic rings. The molecule has 0 aliphatic carbocycles. The number of carbonyl (C=O) groups excluding carboxylic acids is 1. The summed E-state index contributed by atoms with van der Waals surface area (Å²) in [6, 6.07) is 4.33. The maximum absolute atomic E-state index is 12.3. The number of benzene rings is 1. The van der Waals surface area contributed by atoms with Crippen LogP contribution in [0, 0.1) is 10.1 Å². The third kappa shape index (κ3) is 2.65. The van der Waals surface area contributed by atoms with Crippen LogP contribution >= 0.6 is 0 Å². The molecule has 7 nitrogen and oxygen atoms in total. The summed E-state index contributed by atoms with van der Waals surface area (Å²) >= 11 is 0. The van der Waals surface area contributed by atoms with Gasteiger partial charge >= 0.3 is 5.69 Å².